The molecule has 100 valence electrons. The first-order valence-corrected chi connectivity index (χ1v) is 5.74. The van der Waals surface area contributed by atoms with E-state index in [0.29, 0.717) is 0 Å². The van der Waals surface area contributed by atoms with Crippen molar-refractivity contribution in [1.29, 1.82) is 0 Å². The molecule has 1 unspecified atom stereocenters. The lowest BCUT2D eigenvalue weighted by Gasteiger charge is -2.20. The van der Waals surface area contributed by atoms with Crippen molar-refractivity contribution in [3.05, 3.63) is 24.3 Å². The Labute approximate surface area is 108 Å². The third-order valence-electron chi connectivity index (χ3n) is 2.88. The lowest BCUT2D eigenvalue weighted by Crippen LogP contribution is -2.39. The van der Waals surface area contributed by atoms with Crippen LogP contribution in [0.2, 0.25) is 0 Å². The van der Waals surface area contributed by atoms with Crippen molar-refractivity contribution in [2.24, 2.45) is 0 Å². The highest BCUT2D eigenvalue weighted by Gasteiger charge is 2.27. The first-order valence-electron chi connectivity index (χ1n) is 5.74. The fourth-order valence-electron chi connectivity index (χ4n) is 1.84. The summed E-state index contributed by atoms with van der Waals surface area (Å²) < 4.78 is 0. The van der Waals surface area contributed by atoms with Crippen LogP contribution in [0.25, 0.3) is 0 Å². The Morgan fingerprint density at radius 3 is 1.74 bits per heavy atom. The zero-order valence-electron chi connectivity index (χ0n) is 9.98. The number of amides is 4. The maximum absolute atomic E-state index is 11.3. The zero-order chi connectivity index (χ0) is 14.0. The molecule has 2 rings (SSSR count). The summed E-state index contributed by atoms with van der Waals surface area (Å²) in [4.78, 5) is 46.9. The predicted molar refractivity (Wildman–Crippen MR) is 62.3 cm³/mol. The Hall–Kier alpha value is -2.28. The molecule has 0 bridgehead atoms. The normalized spacial score (nSPS) is 20.1. The van der Waals surface area contributed by atoms with Crippen LogP contribution in [-0.2, 0) is 19.2 Å². The molecule has 0 saturated heterocycles. The second kappa shape index (κ2) is 5.15. The average Bonchev–Trinajstić information content (AvgIpc) is 2.84. The summed E-state index contributed by atoms with van der Waals surface area (Å²) in [6.07, 6.45) is 3.71. The maximum Gasteiger partial charge on any atom is 0.253 e. The Kier molecular flexibility index (Phi) is 3.57. The second-order valence-electron chi connectivity index (χ2n) is 4.22. The number of aliphatic hydroxyl groups is 1. The summed E-state index contributed by atoms with van der Waals surface area (Å²) in [7, 11) is 0. The van der Waals surface area contributed by atoms with Gasteiger partial charge in [0.05, 0.1) is 12.6 Å². The van der Waals surface area contributed by atoms with Crippen LogP contribution in [0.1, 0.15) is 6.42 Å². The van der Waals surface area contributed by atoms with Crippen LogP contribution in [0.5, 0.6) is 0 Å². The minimum absolute atomic E-state index is 0.0511. The van der Waals surface area contributed by atoms with Crippen LogP contribution in [0.15, 0.2) is 24.3 Å². The predicted octanol–water partition coefficient (Wildman–Crippen LogP) is -1.41. The highest BCUT2D eigenvalue weighted by Crippen LogP contribution is 2.09. The van der Waals surface area contributed by atoms with E-state index in [1.807, 2.05) is 0 Å². The molecule has 2 aliphatic heterocycles. The SMILES string of the molecule is O=C1C=CC(=O)N1CCC(O)CN1C(=O)C=CC1=O. The van der Waals surface area contributed by atoms with Crippen LogP contribution in [-0.4, -0.2) is 57.7 Å². The average molecular weight is 264 g/mol. The fourth-order valence-corrected chi connectivity index (χ4v) is 1.84. The highest BCUT2D eigenvalue weighted by molar-refractivity contribution is 6.13. The van der Waals surface area contributed by atoms with Crippen molar-refractivity contribution in [2.45, 2.75) is 12.5 Å². The molecule has 0 aliphatic carbocycles. The molecule has 2 heterocycles. The molecule has 0 aromatic rings. The Morgan fingerprint density at radius 2 is 1.26 bits per heavy atom. The maximum atomic E-state index is 11.3. The Balaban J connectivity index is 1.81. The molecule has 0 fully saturated rings. The van der Waals surface area contributed by atoms with Crippen LogP contribution in [0.4, 0.5) is 0 Å². The van der Waals surface area contributed by atoms with Gasteiger partial charge in [-0.15, -0.1) is 0 Å². The van der Waals surface area contributed by atoms with Gasteiger partial charge in [0.1, 0.15) is 0 Å². The van der Waals surface area contributed by atoms with Crippen LogP contribution >= 0.6 is 0 Å². The summed E-state index contributed by atoms with van der Waals surface area (Å²) in [5.74, 6) is -1.79. The third-order valence-corrected chi connectivity index (χ3v) is 2.88. The Bertz CT molecular complexity index is 472. The molecule has 0 spiro atoms. The number of aliphatic hydroxyl groups excluding tert-OH is 1. The zero-order valence-corrected chi connectivity index (χ0v) is 9.98. The molecule has 0 aromatic heterocycles. The molecule has 7 heteroatoms. The third kappa shape index (κ3) is 2.76. The van der Waals surface area contributed by atoms with Gasteiger partial charge in [0, 0.05) is 30.8 Å². The monoisotopic (exact) mass is 264 g/mol. The van der Waals surface area contributed by atoms with Gasteiger partial charge in [-0.25, -0.2) is 0 Å². The van der Waals surface area contributed by atoms with E-state index in [4.69, 9.17) is 0 Å². The number of β-amino-alcohol motifs (C(OH)–C–C–N with tert-alkyl or cyclic N) is 1. The van der Waals surface area contributed by atoms with E-state index in [1.165, 1.54) is 0 Å². The van der Waals surface area contributed by atoms with E-state index in [9.17, 15) is 24.3 Å². The van der Waals surface area contributed by atoms with Gasteiger partial charge < -0.3 is 5.11 Å². The van der Waals surface area contributed by atoms with E-state index < -0.39 is 29.7 Å². The van der Waals surface area contributed by atoms with Gasteiger partial charge in [-0.2, -0.15) is 0 Å². The summed E-state index contributed by atoms with van der Waals surface area (Å²) in [6.45, 7) is -0.0935. The minimum atomic E-state index is -0.978. The van der Waals surface area contributed by atoms with E-state index in [-0.39, 0.29) is 19.5 Å². The molecular weight excluding hydrogens is 252 g/mol. The number of hydrogen-bond acceptors (Lipinski definition) is 5. The molecule has 1 atom stereocenters. The lowest BCUT2D eigenvalue weighted by molar-refractivity contribution is -0.140. The van der Waals surface area contributed by atoms with Crippen LogP contribution in [0, 0.1) is 0 Å². The van der Waals surface area contributed by atoms with Gasteiger partial charge in [0.15, 0.2) is 0 Å². The topological polar surface area (TPSA) is 95.0 Å². The summed E-state index contributed by atoms with van der Waals surface area (Å²) >= 11 is 0. The molecule has 7 nitrogen and oxygen atoms in total. The summed E-state index contributed by atoms with van der Waals surface area (Å²) in [6, 6.07) is 0. The van der Waals surface area contributed by atoms with Crippen molar-refractivity contribution in [1.82, 2.24) is 9.80 Å². The van der Waals surface area contributed by atoms with Gasteiger partial charge in [-0.3, -0.25) is 29.0 Å². The lowest BCUT2D eigenvalue weighted by atomic mass is 10.2. The number of carbonyl (C=O) groups is 4. The minimum Gasteiger partial charge on any atom is -0.391 e. The summed E-state index contributed by atoms with van der Waals surface area (Å²) in [5.41, 5.74) is 0. The quantitative estimate of drug-likeness (QED) is 0.615. The number of carbonyl (C=O) groups excluding carboxylic acids is 4. The second-order valence-corrected chi connectivity index (χ2v) is 4.22. The molecular formula is C12H12N2O5. The smallest absolute Gasteiger partial charge is 0.253 e. The number of imide groups is 2. The van der Waals surface area contributed by atoms with Gasteiger partial charge in [-0.05, 0) is 6.42 Å². The first-order chi connectivity index (χ1) is 8.99. The van der Waals surface area contributed by atoms with E-state index >= 15 is 0 Å². The molecule has 0 radical (unpaired) electrons. The molecule has 4 amide bonds. The van der Waals surface area contributed by atoms with Gasteiger partial charge in [-0.1, -0.05) is 0 Å². The van der Waals surface area contributed by atoms with Crippen molar-refractivity contribution in [3.63, 3.8) is 0 Å². The molecule has 1 N–H and O–H groups in total. The summed E-state index contributed by atoms with van der Waals surface area (Å²) in [5, 5.41) is 9.73. The molecule has 2 aliphatic rings. The highest BCUT2D eigenvalue weighted by atomic mass is 16.3. The standard InChI is InChI=1S/C12H12N2O5/c15-8(7-14-11(18)3-4-12(14)19)5-6-13-9(16)1-2-10(13)17/h1-4,8,15H,5-7H2. The van der Waals surface area contributed by atoms with E-state index in [2.05, 4.69) is 0 Å². The van der Waals surface area contributed by atoms with Gasteiger partial charge in [0.2, 0.25) is 0 Å². The van der Waals surface area contributed by atoms with E-state index in [0.717, 1.165) is 34.1 Å². The number of nitrogens with zero attached hydrogens (tertiary/aromatic N) is 2. The molecule has 0 aromatic carbocycles. The first kappa shape index (κ1) is 13.2. The molecule has 19 heavy (non-hydrogen) atoms. The van der Waals surface area contributed by atoms with Gasteiger partial charge >= 0.3 is 0 Å². The Morgan fingerprint density at radius 1 is 0.842 bits per heavy atom. The van der Waals surface area contributed by atoms with Crippen LogP contribution in [0.3, 0.4) is 0 Å². The largest absolute Gasteiger partial charge is 0.391 e. The van der Waals surface area contributed by atoms with Crippen molar-refractivity contribution in [2.75, 3.05) is 13.1 Å². The number of hydrogen-bond donors (Lipinski definition) is 1. The van der Waals surface area contributed by atoms with Crippen molar-refractivity contribution >= 4 is 23.6 Å². The fraction of sp³-hybridized carbons (Fsp3) is 0.333. The van der Waals surface area contributed by atoms with Crippen molar-refractivity contribution < 1.29 is 24.3 Å². The van der Waals surface area contributed by atoms with Gasteiger partial charge in [0.25, 0.3) is 23.6 Å². The number of rotatable bonds is 5. The van der Waals surface area contributed by atoms with E-state index in [1.54, 1.807) is 0 Å². The van der Waals surface area contributed by atoms with Crippen LogP contribution < -0.4 is 0 Å². The molecule has 0 saturated carbocycles. The van der Waals surface area contributed by atoms with Crippen molar-refractivity contribution in [3.8, 4) is 0 Å².